The first-order valence-electron chi connectivity index (χ1n) is 8.73. The van der Waals surface area contributed by atoms with E-state index in [2.05, 4.69) is 5.32 Å². The lowest BCUT2D eigenvalue weighted by Crippen LogP contribution is -2.54. The Hall–Kier alpha value is -3.12. The number of nitrogens with zero attached hydrogens (tertiary/aromatic N) is 1. The summed E-state index contributed by atoms with van der Waals surface area (Å²) in [6, 6.07) is 9.51. The summed E-state index contributed by atoms with van der Waals surface area (Å²) in [5.74, 6) is -0.926. The van der Waals surface area contributed by atoms with E-state index in [1.54, 1.807) is 37.3 Å². The molecule has 1 saturated heterocycles. The van der Waals surface area contributed by atoms with Crippen LogP contribution < -0.4 is 15.0 Å². The van der Waals surface area contributed by atoms with Gasteiger partial charge in [0, 0.05) is 0 Å². The summed E-state index contributed by atoms with van der Waals surface area (Å²) in [5, 5.41) is 2.58. The number of halogens is 1. The minimum absolute atomic E-state index is 0.153. The molecule has 1 aliphatic rings. The van der Waals surface area contributed by atoms with Crippen LogP contribution in [0.25, 0.3) is 6.08 Å². The standard InChI is InChI=1S/C21H19ClN2O4/c1-4-28-18-8-6-14(11-16(18)22)10-15-19(25)23-21(27)24(20(15)26)17-7-5-12(2)9-13(17)3/h5-11H,4H2,1-3H3,(H,23,25,27)/b15-10+. The number of amides is 4. The van der Waals surface area contributed by atoms with Gasteiger partial charge in [-0.2, -0.15) is 0 Å². The van der Waals surface area contributed by atoms with Crippen LogP contribution in [0.5, 0.6) is 5.75 Å². The molecule has 0 spiro atoms. The molecule has 0 bridgehead atoms. The zero-order valence-electron chi connectivity index (χ0n) is 15.7. The zero-order chi connectivity index (χ0) is 20.4. The number of anilines is 1. The number of hydrogen-bond donors (Lipinski definition) is 1. The topological polar surface area (TPSA) is 75.7 Å². The summed E-state index contributed by atoms with van der Waals surface area (Å²) in [4.78, 5) is 38.5. The van der Waals surface area contributed by atoms with Gasteiger partial charge in [-0.25, -0.2) is 9.69 Å². The SMILES string of the molecule is CCOc1ccc(/C=C2\C(=O)NC(=O)N(c3ccc(C)cc3C)C2=O)cc1Cl. The lowest BCUT2D eigenvalue weighted by atomic mass is 10.0. The Labute approximate surface area is 167 Å². The summed E-state index contributed by atoms with van der Waals surface area (Å²) < 4.78 is 5.38. The van der Waals surface area contributed by atoms with Gasteiger partial charge in [-0.3, -0.25) is 14.9 Å². The van der Waals surface area contributed by atoms with Crippen LogP contribution in [0.4, 0.5) is 10.5 Å². The molecule has 3 rings (SSSR count). The van der Waals surface area contributed by atoms with Crippen molar-refractivity contribution < 1.29 is 19.1 Å². The molecule has 1 aliphatic heterocycles. The second-order valence-electron chi connectivity index (χ2n) is 6.37. The van der Waals surface area contributed by atoms with Crippen LogP contribution in [0, 0.1) is 13.8 Å². The van der Waals surface area contributed by atoms with Crippen molar-refractivity contribution in [3.8, 4) is 5.75 Å². The van der Waals surface area contributed by atoms with E-state index in [0.29, 0.717) is 28.6 Å². The second-order valence-corrected chi connectivity index (χ2v) is 6.78. The first-order chi connectivity index (χ1) is 13.3. The zero-order valence-corrected chi connectivity index (χ0v) is 16.5. The smallest absolute Gasteiger partial charge is 0.335 e. The van der Waals surface area contributed by atoms with Gasteiger partial charge in [0.25, 0.3) is 11.8 Å². The highest BCUT2D eigenvalue weighted by atomic mass is 35.5. The molecule has 4 amide bonds. The number of carbonyl (C=O) groups excluding carboxylic acids is 3. The van der Waals surface area contributed by atoms with Crippen LogP contribution in [0.2, 0.25) is 5.02 Å². The molecule has 0 aromatic heterocycles. The summed E-state index contributed by atoms with van der Waals surface area (Å²) >= 11 is 6.18. The van der Waals surface area contributed by atoms with E-state index in [0.717, 1.165) is 16.0 Å². The van der Waals surface area contributed by atoms with Crippen LogP contribution in [0.1, 0.15) is 23.6 Å². The maximum absolute atomic E-state index is 13.0. The third-order valence-electron chi connectivity index (χ3n) is 4.26. The number of hydrogen-bond acceptors (Lipinski definition) is 4. The number of imide groups is 2. The Morgan fingerprint density at radius 1 is 1.11 bits per heavy atom. The van der Waals surface area contributed by atoms with E-state index in [4.69, 9.17) is 16.3 Å². The van der Waals surface area contributed by atoms with Crippen molar-refractivity contribution in [2.24, 2.45) is 0 Å². The van der Waals surface area contributed by atoms with Crippen LogP contribution in [-0.2, 0) is 9.59 Å². The van der Waals surface area contributed by atoms with E-state index in [-0.39, 0.29) is 5.57 Å². The van der Waals surface area contributed by atoms with Crippen molar-refractivity contribution in [1.82, 2.24) is 5.32 Å². The fourth-order valence-electron chi connectivity index (χ4n) is 2.98. The Kier molecular flexibility index (Phi) is 5.51. The molecule has 0 unspecified atom stereocenters. The van der Waals surface area contributed by atoms with E-state index < -0.39 is 17.8 Å². The third-order valence-corrected chi connectivity index (χ3v) is 4.56. The molecule has 0 radical (unpaired) electrons. The monoisotopic (exact) mass is 398 g/mol. The highest BCUT2D eigenvalue weighted by Gasteiger charge is 2.37. The summed E-state index contributed by atoms with van der Waals surface area (Å²) in [6.45, 7) is 6.03. The number of aryl methyl sites for hydroxylation is 2. The first-order valence-corrected chi connectivity index (χ1v) is 9.10. The Balaban J connectivity index is 2.00. The number of benzene rings is 2. The second kappa shape index (κ2) is 7.86. The quantitative estimate of drug-likeness (QED) is 0.623. The molecule has 1 N–H and O–H groups in total. The maximum Gasteiger partial charge on any atom is 0.335 e. The fraction of sp³-hybridized carbons (Fsp3) is 0.190. The molecule has 1 fully saturated rings. The number of urea groups is 1. The molecule has 6 nitrogen and oxygen atoms in total. The number of ether oxygens (including phenoxy) is 1. The largest absolute Gasteiger partial charge is 0.492 e. The van der Waals surface area contributed by atoms with Gasteiger partial charge >= 0.3 is 6.03 Å². The molecular weight excluding hydrogens is 380 g/mol. The number of rotatable bonds is 4. The number of barbiturate groups is 1. The van der Waals surface area contributed by atoms with Crippen molar-refractivity contribution in [1.29, 1.82) is 0 Å². The Morgan fingerprint density at radius 3 is 2.50 bits per heavy atom. The Morgan fingerprint density at radius 2 is 1.86 bits per heavy atom. The van der Waals surface area contributed by atoms with Crippen molar-refractivity contribution in [2.45, 2.75) is 20.8 Å². The Bertz CT molecular complexity index is 1010. The average Bonchev–Trinajstić information content (AvgIpc) is 2.62. The molecular formula is C21H19ClN2O4. The van der Waals surface area contributed by atoms with Crippen LogP contribution in [-0.4, -0.2) is 24.5 Å². The van der Waals surface area contributed by atoms with Crippen molar-refractivity contribution in [2.75, 3.05) is 11.5 Å². The molecule has 2 aromatic carbocycles. The maximum atomic E-state index is 13.0. The normalized spacial score (nSPS) is 15.8. The first kappa shape index (κ1) is 19.6. The van der Waals surface area contributed by atoms with Crippen LogP contribution >= 0.6 is 11.6 Å². The minimum Gasteiger partial charge on any atom is -0.492 e. The molecule has 0 aliphatic carbocycles. The predicted octanol–water partition coefficient (Wildman–Crippen LogP) is 4.02. The van der Waals surface area contributed by atoms with Gasteiger partial charge in [-0.05, 0) is 56.2 Å². The van der Waals surface area contributed by atoms with Crippen molar-refractivity contribution in [3.63, 3.8) is 0 Å². The molecule has 0 atom stereocenters. The van der Waals surface area contributed by atoms with Gasteiger partial charge in [0.15, 0.2) is 0 Å². The van der Waals surface area contributed by atoms with E-state index in [9.17, 15) is 14.4 Å². The van der Waals surface area contributed by atoms with Gasteiger partial charge in [0.05, 0.1) is 17.3 Å². The lowest BCUT2D eigenvalue weighted by molar-refractivity contribution is -0.122. The highest BCUT2D eigenvalue weighted by molar-refractivity contribution is 6.39. The molecule has 7 heteroatoms. The molecule has 0 saturated carbocycles. The van der Waals surface area contributed by atoms with Crippen molar-refractivity contribution in [3.05, 3.63) is 63.7 Å². The number of nitrogens with one attached hydrogen (secondary N) is 1. The average molecular weight is 399 g/mol. The van der Waals surface area contributed by atoms with Gasteiger partial charge < -0.3 is 4.74 Å². The summed E-state index contributed by atoms with van der Waals surface area (Å²) in [7, 11) is 0. The van der Waals surface area contributed by atoms with Gasteiger partial charge in [-0.15, -0.1) is 0 Å². The lowest BCUT2D eigenvalue weighted by Gasteiger charge is -2.27. The van der Waals surface area contributed by atoms with Gasteiger partial charge in [0.1, 0.15) is 11.3 Å². The minimum atomic E-state index is -0.774. The molecule has 2 aromatic rings. The van der Waals surface area contributed by atoms with Crippen LogP contribution in [0.3, 0.4) is 0 Å². The number of carbonyl (C=O) groups is 3. The summed E-state index contributed by atoms with van der Waals surface area (Å²) in [5.41, 5.74) is 2.57. The summed E-state index contributed by atoms with van der Waals surface area (Å²) in [6.07, 6.45) is 1.40. The van der Waals surface area contributed by atoms with E-state index in [1.165, 1.54) is 6.08 Å². The van der Waals surface area contributed by atoms with Crippen molar-refractivity contribution >= 4 is 41.2 Å². The molecule has 28 heavy (non-hydrogen) atoms. The van der Waals surface area contributed by atoms with Gasteiger partial charge in [-0.1, -0.05) is 35.4 Å². The highest BCUT2D eigenvalue weighted by Crippen LogP contribution is 2.29. The van der Waals surface area contributed by atoms with Gasteiger partial charge in [0.2, 0.25) is 0 Å². The third kappa shape index (κ3) is 3.77. The fourth-order valence-corrected chi connectivity index (χ4v) is 3.22. The predicted molar refractivity (Wildman–Crippen MR) is 108 cm³/mol. The van der Waals surface area contributed by atoms with E-state index >= 15 is 0 Å². The van der Waals surface area contributed by atoms with Crippen LogP contribution in [0.15, 0.2) is 42.0 Å². The molecule has 1 heterocycles. The van der Waals surface area contributed by atoms with E-state index in [1.807, 2.05) is 19.9 Å². The molecule has 144 valence electrons.